The minimum absolute atomic E-state index is 0. The van der Waals surface area contributed by atoms with Crippen molar-refractivity contribution in [1.29, 1.82) is 0 Å². The molecule has 3 aliphatic heterocycles. The first-order chi connectivity index (χ1) is 20.6. The molecule has 0 atom stereocenters. The van der Waals surface area contributed by atoms with Gasteiger partial charge in [0.1, 0.15) is 0 Å². The number of pyridine rings is 3. The summed E-state index contributed by atoms with van der Waals surface area (Å²) >= 11 is 5.56. The molecule has 6 heterocycles. The number of para-hydroxylation sites is 3. The number of thioether (sulfide) groups is 3. The third kappa shape index (κ3) is 7.28. The molecule has 0 spiro atoms. The molecule has 45 heavy (non-hydrogen) atoms. The first-order valence-corrected chi connectivity index (χ1v) is 16.8. The predicted octanol–water partition coefficient (Wildman–Crippen LogP) is -0.877. The van der Waals surface area contributed by atoms with Gasteiger partial charge in [0.05, 0.1) is 17.3 Å². The Labute approximate surface area is 328 Å². The largest absolute Gasteiger partial charge is 1.00 e. The predicted molar refractivity (Wildman–Crippen MR) is 181 cm³/mol. The second-order valence-electron chi connectivity index (χ2n) is 10.3. The van der Waals surface area contributed by atoms with E-state index in [1.165, 1.54) is 64.9 Å². The molecule has 0 unspecified atom stereocenters. The molecule has 0 bridgehead atoms. The van der Waals surface area contributed by atoms with Crippen molar-refractivity contribution in [1.82, 2.24) is 0 Å². The van der Waals surface area contributed by atoms with Crippen LogP contribution in [0, 0.1) is 0 Å². The van der Waals surface area contributed by atoms with E-state index in [4.69, 9.17) is 0 Å². The van der Waals surface area contributed by atoms with Crippen molar-refractivity contribution >= 4 is 85.1 Å². The quantitative estimate of drug-likeness (QED) is 0.145. The minimum Gasteiger partial charge on any atom is -1.00 e. The van der Waals surface area contributed by atoms with Crippen molar-refractivity contribution in [2.75, 3.05) is 17.3 Å². The maximum Gasteiger partial charge on any atom is 0.246 e. The summed E-state index contributed by atoms with van der Waals surface area (Å²) < 4.78 is 6.75. The second kappa shape index (κ2) is 16.0. The molecule has 228 valence electrons. The Hall–Kier alpha value is -1.65. The maximum atomic E-state index is 4.09. The van der Waals surface area contributed by atoms with E-state index in [9.17, 15) is 0 Å². The van der Waals surface area contributed by atoms with Gasteiger partial charge in [-0.3, -0.25) is 0 Å². The van der Waals surface area contributed by atoms with Gasteiger partial charge in [0, 0.05) is 52.6 Å². The summed E-state index contributed by atoms with van der Waals surface area (Å²) in [5, 5.41) is 7.73. The molecule has 3 aromatic heterocycles. The summed E-state index contributed by atoms with van der Waals surface area (Å²) in [7, 11) is 0. The number of rotatable bonds is 0. The molecule has 0 saturated carbocycles. The van der Waals surface area contributed by atoms with Crippen LogP contribution >= 0.6 is 35.3 Å². The van der Waals surface area contributed by atoms with Crippen LogP contribution < -0.4 is 85.6 Å². The average molecular weight is 982 g/mol. The molecule has 9 rings (SSSR count). The van der Waals surface area contributed by atoms with Crippen molar-refractivity contribution in [3.63, 3.8) is 0 Å². The second-order valence-corrected chi connectivity index (χ2v) is 13.2. The SMILES string of the molecule is C=C1CSc2ccc3ccccc3[n+]21.C=C1CSc2ccc3ccccc3[n+]21.C=C1CSc2ccc3ccccc3[n+]21.[I-].[I-].[I-]. The van der Waals surface area contributed by atoms with E-state index in [0.717, 1.165) is 17.3 Å². The van der Waals surface area contributed by atoms with E-state index < -0.39 is 0 Å². The lowest BCUT2D eigenvalue weighted by atomic mass is 10.2. The smallest absolute Gasteiger partial charge is 0.246 e. The van der Waals surface area contributed by atoms with Gasteiger partial charge < -0.3 is 71.9 Å². The number of halogens is 3. The molecule has 3 nitrogen and oxygen atoms in total. The molecule has 0 fully saturated rings. The van der Waals surface area contributed by atoms with Gasteiger partial charge in [-0.25, -0.2) is 0 Å². The van der Waals surface area contributed by atoms with Gasteiger partial charge in [-0.15, -0.1) is 0 Å². The third-order valence-corrected chi connectivity index (χ3v) is 10.8. The van der Waals surface area contributed by atoms with E-state index in [0.29, 0.717) is 0 Å². The first kappa shape index (κ1) is 36.2. The average Bonchev–Trinajstić information content (AvgIpc) is 3.74. The van der Waals surface area contributed by atoms with Crippen LogP contribution in [0.2, 0.25) is 0 Å². The fourth-order valence-corrected chi connectivity index (χ4v) is 8.43. The van der Waals surface area contributed by atoms with Crippen LogP contribution in [0.4, 0.5) is 0 Å². The Morgan fingerprint density at radius 2 is 0.644 bits per heavy atom. The van der Waals surface area contributed by atoms with E-state index in [2.05, 4.69) is 143 Å². The highest BCUT2D eigenvalue weighted by Crippen LogP contribution is 2.29. The van der Waals surface area contributed by atoms with Crippen molar-refractivity contribution in [2.24, 2.45) is 0 Å². The van der Waals surface area contributed by atoms with Gasteiger partial charge in [-0.2, -0.15) is 13.7 Å². The van der Waals surface area contributed by atoms with Crippen LogP contribution in [0.1, 0.15) is 0 Å². The number of aromatic nitrogens is 3. The third-order valence-electron chi connectivity index (χ3n) is 7.52. The van der Waals surface area contributed by atoms with Crippen molar-refractivity contribution in [2.45, 2.75) is 15.1 Å². The van der Waals surface area contributed by atoms with Gasteiger partial charge >= 0.3 is 0 Å². The van der Waals surface area contributed by atoms with E-state index >= 15 is 0 Å². The normalized spacial score (nSPS) is 13.7. The lowest BCUT2D eigenvalue weighted by molar-refractivity contribution is -0.590. The number of hydrogen-bond acceptors (Lipinski definition) is 3. The summed E-state index contributed by atoms with van der Waals surface area (Å²) in [5.74, 6) is 3.02. The standard InChI is InChI=1S/3C12H10NS.3HI/c3*1-9-8-14-12-7-6-10-4-2-3-5-11(10)13(9)12;;;/h3*2-7H,1,8H2;3*1H/q3*+1;;;/p-3. The summed E-state index contributed by atoms with van der Waals surface area (Å²) in [6.07, 6.45) is 0. The van der Waals surface area contributed by atoms with Crippen LogP contribution in [-0.2, 0) is 0 Å². The zero-order valence-electron chi connectivity index (χ0n) is 24.3. The highest BCUT2D eigenvalue weighted by Gasteiger charge is 2.28. The molecule has 9 heteroatoms. The molecule has 6 aromatic rings. The Balaban J connectivity index is 0.000000149. The van der Waals surface area contributed by atoms with Crippen molar-refractivity contribution in [3.8, 4) is 0 Å². The van der Waals surface area contributed by atoms with Crippen LogP contribution in [0.5, 0.6) is 0 Å². The van der Waals surface area contributed by atoms with Crippen LogP contribution in [0.15, 0.2) is 144 Å². The van der Waals surface area contributed by atoms with Crippen LogP contribution in [-0.4, -0.2) is 17.3 Å². The van der Waals surface area contributed by atoms with Crippen molar-refractivity contribution < 1.29 is 85.6 Å². The Morgan fingerprint density at radius 3 is 0.933 bits per heavy atom. The van der Waals surface area contributed by atoms with Gasteiger partial charge in [0.2, 0.25) is 31.6 Å². The fourth-order valence-electron chi connectivity index (χ4n) is 5.54. The lowest BCUT2D eigenvalue weighted by Crippen LogP contribution is -3.00. The number of hydrogen-bond donors (Lipinski definition) is 0. The number of benzene rings is 3. The number of fused-ring (bicyclic) bond motifs is 9. The van der Waals surface area contributed by atoms with Crippen LogP contribution in [0.3, 0.4) is 0 Å². The maximum absolute atomic E-state index is 4.09. The zero-order chi connectivity index (χ0) is 28.6. The molecule has 3 aliphatic rings. The molecule has 0 aliphatic carbocycles. The Morgan fingerprint density at radius 1 is 0.378 bits per heavy atom. The van der Waals surface area contributed by atoms with Gasteiger partial charge in [-0.1, -0.05) is 36.4 Å². The van der Waals surface area contributed by atoms with Crippen LogP contribution in [0.25, 0.3) is 49.8 Å². The molecule has 0 saturated heterocycles. The van der Waals surface area contributed by atoms with E-state index in [1.54, 1.807) is 0 Å². The minimum atomic E-state index is 0. The van der Waals surface area contributed by atoms with E-state index in [1.807, 2.05) is 35.3 Å². The highest BCUT2D eigenvalue weighted by atomic mass is 127. The summed E-state index contributed by atoms with van der Waals surface area (Å²) in [6, 6.07) is 38.3. The summed E-state index contributed by atoms with van der Waals surface area (Å²) in [6.45, 7) is 12.3. The monoisotopic (exact) mass is 981 g/mol. The molecular formula is C36H30I3N3S3. The highest BCUT2D eigenvalue weighted by molar-refractivity contribution is 8.00. The summed E-state index contributed by atoms with van der Waals surface area (Å²) in [4.78, 5) is 0. The van der Waals surface area contributed by atoms with E-state index in [-0.39, 0.29) is 71.9 Å². The molecular weight excluding hydrogens is 951 g/mol. The first-order valence-electron chi connectivity index (χ1n) is 13.8. The van der Waals surface area contributed by atoms with Gasteiger partial charge in [0.15, 0.2) is 17.1 Å². The Kier molecular flexibility index (Phi) is 12.8. The van der Waals surface area contributed by atoms with Gasteiger partial charge in [0.25, 0.3) is 0 Å². The van der Waals surface area contributed by atoms with Crippen molar-refractivity contribution in [3.05, 3.63) is 129 Å². The number of nitrogens with zero attached hydrogens (tertiary/aromatic N) is 3. The molecule has 0 N–H and O–H groups in total. The fraction of sp³-hybridized carbons (Fsp3) is 0.0833. The molecule has 3 aromatic carbocycles. The Bertz CT molecular complexity index is 1840. The van der Waals surface area contributed by atoms with Gasteiger partial charge in [-0.05, 0) is 91.4 Å². The summed E-state index contributed by atoms with van der Waals surface area (Å²) in [5.41, 5.74) is 7.34. The zero-order valence-corrected chi connectivity index (χ0v) is 33.3. The topological polar surface area (TPSA) is 11.6 Å². The molecule has 0 amide bonds. The molecule has 0 radical (unpaired) electrons. The lowest BCUT2D eigenvalue weighted by Gasteiger charge is -1.97.